The molecule has 1 atom stereocenters. The fraction of sp³-hybridized carbons (Fsp3) is 0.450. The van der Waals surface area contributed by atoms with Crippen molar-refractivity contribution >= 4 is 6.01 Å². The second-order valence-corrected chi connectivity index (χ2v) is 7.26. The van der Waals surface area contributed by atoms with Crippen molar-refractivity contribution in [1.29, 1.82) is 0 Å². The largest absolute Gasteiger partial charge is 0.406 e. The van der Waals surface area contributed by atoms with Crippen molar-refractivity contribution in [3.05, 3.63) is 58.7 Å². The number of hydrogen-bond donors (Lipinski definition) is 2. The fourth-order valence-electron chi connectivity index (χ4n) is 3.64. The first-order valence-corrected chi connectivity index (χ1v) is 9.59. The van der Waals surface area contributed by atoms with E-state index >= 15 is 0 Å². The van der Waals surface area contributed by atoms with Gasteiger partial charge >= 0.3 is 6.01 Å². The van der Waals surface area contributed by atoms with Crippen molar-refractivity contribution in [3.63, 3.8) is 0 Å². The van der Waals surface area contributed by atoms with E-state index in [1.54, 1.807) is 0 Å². The van der Waals surface area contributed by atoms with Crippen LogP contribution >= 0.6 is 0 Å². The molecule has 0 amide bonds. The molecule has 0 radical (unpaired) electrons. The van der Waals surface area contributed by atoms with Gasteiger partial charge in [-0.2, -0.15) is 5.10 Å². The van der Waals surface area contributed by atoms with Gasteiger partial charge in [0.25, 0.3) is 0 Å². The average Bonchev–Trinajstić information content (AvgIpc) is 3.24. The van der Waals surface area contributed by atoms with Crippen LogP contribution in [-0.4, -0.2) is 27.4 Å². The topological polar surface area (TPSA) is 96.9 Å². The van der Waals surface area contributed by atoms with Gasteiger partial charge < -0.3 is 15.1 Å². The molecule has 3 aromatic rings. The Morgan fingerprint density at radius 3 is 2.81 bits per heavy atom. The zero-order valence-corrected chi connectivity index (χ0v) is 15.7. The van der Waals surface area contributed by atoms with Crippen LogP contribution in [0.3, 0.4) is 0 Å². The first-order chi connectivity index (χ1) is 13.2. The second-order valence-electron chi connectivity index (χ2n) is 7.26. The number of H-pyrrole nitrogens is 1. The van der Waals surface area contributed by atoms with E-state index in [0.29, 0.717) is 24.9 Å². The Hall–Kier alpha value is -2.67. The van der Waals surface area contributed by atoms with Crippen molar-refractivity contribution in [2.24, 2.45) is 5.73 Å². The van der Waals surface area contributed by atoms with E-state index in [1.807, 2.05) is 42.3 Å². The van der Waals surface area contributed by atoms with Crippen LogP contribution in [0.4, 0.5) is 6.01 Å². The maximum atomic E-state index is 6.25. The molecular weight excluding hydrogens is 340 g/mol. The number of nitrogens with two attached hydrogens (primary N) is 1. The summed E-state index contributed by atoms with van der Waals surface area (Å²) >= 11 is 0. The number of anilines is 1. The minimum Gasteiger partial charge on any atom is -0.406 e. The molecule has 2 aromatic heterocycles. The predicted molar refractivity (Wildman–Crippen MR) is 103 cm³/mol. The molecule has 27 heavy (non-hydrogen) atoms. The molecule has 0 spiro atoms. The second kappa shape index (κ2) is 7.92. The van der Waals surface area contributed by atoms with Crippen molar-refractivity contribution in [2.45, 2.75) is 51.1 Å². The molecule has 0 unspecified atom stereocenters. The summed E-state index contributed by atoms with van der Waals surface area (Å²) in [5.74, 6) is 0.460. The number of aryl methyl sites for hydroxylation is 1. The molecule has 1 aromatic carbocycles. The van der Waals surface area contributed by atoms with Crippen LogP contribution in [0.5, 0.6) is 0 Å². The Kier molecular flexibility index (Phi) is 5.20. The van der Waals surface area contributed by atoms with Gasteiger partial charge in [0.1, 0.15) is 0 Å². The molecule has 0 saturated heterocycles. The molecule has 3 N–H and O–H groups in total. The third kappa shape index (κ3) is 4.03. The van der Waals surface area contributed by atoms with E-state index in [4.69, 9.17) is 10.2 Å². The molecule has 7 heteroatoms. The number of nitrogens with one attached hydrogen (secondary N) is 1. The number of fused-ring (bicyclic) bond motifs is 1. The Balaban J connectivity index is 1.43. The molecular formula is C20H26N6O. The van der Waals surface area contributed by atoms with Gasteiger partial charge in [-0.1, -0.05) is 41.9 Å². The molecule has 0 bridgehead atoms. The van der Waals surface area contributed by atoms with Crippen molar-refractivity contribution in [3.8, 4) is 0 Å². The molecule has 1 aliphatic rings. The number of hydrogen-bond acceptors (Lipinski definition) is 6. The lowest BCUT2D eigenvalue weighted by molar-refractivity contribution is 0.446. The zero-order valence-electron chi connectivity index (χ0n) is 15.7. The summed E-state index contributed by atoms with van der Waals surface area (Å²) in [6.45, 7) is 0.640. The summed E-state index contributed by atoms with van der Waals surface area (Å²) in [6, 6.07) is 10.2. The normalized spacial score (nSPS) is 15.2. The highest BCUT2D eigenvalue weighted by atomic mass is 16.4. The molecule has 0 aliphatic heterocycles. The van der Waals surface area contributed by atoms with Crippen molar-refractivity contribution < 1.29 is 4.42 Å². The van der Waals surface area contributed by atoms with Crippen molar-refractivity contribution in [2.75, 3.05) is 11.9 Å². The molecule has 142 valence electrons. The van der Waals surface area contributed by atoms with Crippen LogP contribution in [-0.2, 0) is 25.8 Å². The number of nitrogens with zero attached hydrogens (tertiary/aromatic N) is 4. The van der Waals surface area contributed by atoms with E-state index in [-0.39, 0.29) is 6.04 Å². The van der Waals surface area contributed by atoms with Gasteiger partial charge in [0.15, 0.2) is 0 Å². The summed E-state index contributed by atoms with van der Waals surface area (Å²) in [5, 5.41) is 16.1. The van der Waals surface area contributed by atoms with Crippen molar-refractivity contribution in [1.82, 2.24) is 20.4 Å². The minimum atomic E-state index is -0.316. The number of aromatic amines is 1. The van der Waals surface area contributed by atoms with Gasteiger partial charge in [0.2, 0.25) is 5.89 Å². The Morgan fingerprint density at radius 1 is 1.15 bits per heavy atom. The summed E-state index contributed by atoms with van der Waals surface area (Å²) in [4.78, 5) is 1.94. The Bertz CT molecular complexity index is 872. The van der Waals surface area contributed by atoms with Gasteiger partial charge in [0, 0.05) is 12.7 Å². The minimum absolute atomic E-state index is 0.316. The smallest absolute Gasteiger partial charge is 0.318 e. The van der Waals surface area contributed by atoms with Crippen LogP contribution in [0.25, 0.3) is 0 Å². The summed E-state index contributed by atoms with van der Waals surface area (Å²) in [6.07, 6.45) is 6.58. The Morgan fingerprint density at radius 2 is 1.96 bits per heavy atom. The summed E-state index contributed by atoms with van der Waals surface area (Å²) in [5.41, 5.74) is 11.1. The van der Waals surface area contributed by atoms with Gasteiger partial charge in [-0.3, -0.25) is 5.10 Å². The first kappa shape index (κ1) is 17.7. The monoisotopic (exact) mass is 366 g/mol. The lowest BCUT2D eigenvalue weighted by Gasteiger charge is -2.13. The molecule has 0 fully saturated rings. The predicted octanol–water partition coefficient (Wildman–Crippen LogP) is 2.94. The van der Waals surface area contributed by atoms with Gasteiger partial charge in [0.05, 0.1) is 18.3 Å². The van der Waals surface area contributed by atoms with Crippen LogP contribution in [0.15, 0.2) is 34.7 Å². The van der Waals surface area contributed by atoms with Crippen LogP contribution < -0.4 is 10.6 Å². The summed E-state index contributed by atoms with van der Waals surface area (Å²) in [7, 11) is 1.94. The van der Waals surface area contributed by atoms with E-state index in [0.717, 1.165) is 24.1 Å². The average molecular weight is 366 g/mol. The molecule has 1 aliphatic carbocycles. The lowest BCUT2D eigenvalue weighted by Crippen LogP contribution is -2.18. The van der Waals surface area contributed by atoms with Crippen LogP contribution in [0.2, 0.25) is 0 Å². The summed E-state index contributed by atoms with van der Waals surface area (Å²) < 4.78 is 5.84. The van der Waals surface area contributed by atoms with Crippen LogP contribution in [0, 0.1) is 0 Å². The van der Waals surface area contributed by atoms with E-state index in [1.165, 1.54) is 30.5 Å². The quantitative estimate of drug-likeness (QED) is 0.651. The van der Waals surface area contributed by atoms with E-state index < -0.39 is 0 Å². The third-order valence-electron chi connectivity index (χ3n) is 5.15. The third-order valence-corrected chi connectivity index (χ3v) is 5.15. The maximum Gasteiger partial charge on any atom is 0.318 e. The zero-order chi connectivity index (χ0) is 18.6. The standard InChI is InChI=1S/C20H26N6O/c1-26(13-18-15-10-6-3-7-11-17(15)22-23-18)20-25-24-19(27-20)16(21)12-14-8-4-2-5-9-14/h2,4-5,8-9,16H,3,6-7,10-13,21H2,1H3,(H,22,23)/t16-/m1/s1. The maximum absolute atomic E-state index is 6.25. The fourth-order valence-corrected chi connectivity index (χ4v) is 3.64. The van der Waals surface area contributed by atoms with E-state index in [2.05, 4.69) is 20.4 Å². The van der Waals surface area contributed by atoms with Crippen LogP contribution in [0.1, 0.15) is 53.7 Å². The molecule has 0 saturated carbocycles. The van der Waals surface area contributed by atoms with Gasteiger partial charge in [-0.15, -0.1) is 5.10 Å². The SMILES string of the molecule is CN(Cc1n[nH]c2c1CCCCC2)c1nnc([C@H](N)Cc2ccccc2)o1. The molecule has 7 nitrogen and oxygen atoms in total. The highest BCUT2D eigenvalue weighted by molar-refractivity contribution is 5.32. The highest BCUT2D eigenvalue weighted by Gasteiger charge is 2.20. The Labute approximate surface area is 159 Å². The highest BCUT2D eigenvalue weighted by Crippen LogP contribution is 2.24. The van der Waals surface area contributed by atoms with E-state index in [9.17, 15) is 0 Å². The number of aromatic nitrogens is 4. The molecule has 4 rings (SSSR count). The van der Waals surface area contributed by atoms with Gasteiger partial charge in [-0.05, 0) is 43.2 Å². The lowest BCUT2D eigenvalue weighted by atomic mass is 10.1. The number of benzene rings is 1. The van der Waals surface area contributed by atoms with Gasteiger partial charge in [-0.25, -0.2) is 0 Å². The number of rotatable bonds is 6. The first-order valence-electron chi connectivity index (χ1n) is 9.59. The molecule has 2 heterocycles.